The first-order chi connectivity index (χ1) is 10.2. The number of aryl methyl sites for hydroxylation is 1. The summed E-state index contributed by atoms with van der Waals surface area (Å²) >= 11 is 0. The van der Waals surface area contributed by atoms with Crippen molar-refractivity contribution in [3.05, 3.63) is 59.0 Å². The van der Waals surface area contributed by atoms with E-state index in [0.717, 1.165) is 24.1 Å². The van der Waals surface area contributed by atoms with Crippen molar-refractivity contribution in [2.75, 3.05) is 13.7 Å². The van der Waals surface area contributed by atoms with Gasteiger partial charge in [-0.05, 0) is 32.0 Å². The van der Waals surface area contributed by atoms with E-state index in [1.165, 1.54) is 6.07 Å². The third-order valence-electron chi connectivity index (χ3n) is 3.37. The fourth-order valence-corrected chi connectivity index (χ4v) is 2.35. The van der Waals surface area contributed by atoms with E-state index in [2.05, 4.69) is 17.2 Å². The van der Waals surface area contributed by atoms with Gasteiger partial charge in [-0.25, -0.2) is 9.37 Å². The highest BCUT2D eigenvalue weighted by Gasteiger charge is 2.21. The normalized spacial score (nSPS) is 12.2. The summed E-state index contributed by atoms with van der Waals surface area (Å²) in [5, 5.41) is 3.38. The first-order valence-corrected chi connectivity index (χ1v) is 7.15. The van der Waals surface area contributed by atoms with Crippen molar-refractivity contribution in [3.63, 3.8) is 0 Å². The van der Waals surface area contributed by atoms with Gasteiger partial charge in [0.15, 0.2) is 0 Å². The summed E-state index contributed by atoms with van der Waals surface area (Å²) in [6.45, 7) is 4.83. The second-order valence-electron chi connectivity index (χ2n) is 5.01. The van der Waals surface area contributed by atoms with Crippen LogP contribution in [0.2, 0.25) is 0 Å². The number of hydrogen-bond donors (Lipinski definition) is 1. The van der Waals surface area contributed by atoms with Crippen molar-refractivity contribution in [3.8, 4) is 5.88 Å². The van der Waals surface area contributed by atoms with Crippen LogP contribution in [0.15, 0.2) is 36.5 Å². The minimum absolute atomic E-state index is 0.222. The van der Waals surface area contributed by atoms with E-state index in [4.69, 9.17) is 4.74 Å². The lowest BCUT2D eigenvalue weighted by atomic mass is 9.97. The van der Waals surface area contributed by atoms with Gasteiger partial charge in [-0.3, -0.25) is 0 Å². The topological polar surface area (TPSA) is 34.2 Å². The molecule has 1 aromatic heterocycles. The molecular weight excluding hydrogens is 267 g/mol. The van der Waals surface area contributed by atoms with Gasteiger partial charge in [0.1, 0.15) is 5.82 Å². The van der Waals surface area contributed by atoms with Crippen LogP contribution in [0, 0.1) is 12.7 Å². The minimum Gasteiger partial charge on any atom is -0.481 e. The molecular formula is C17H21FN2O. The number of pyridine rings is 1. The molecule has 0 spiro atoms. The molecule has 0 aliphatic rings. The summed E-state index contributed by atoms with van der Waals surface area (Å²) in [7, 11) is 1.58. The van der Waals surface area contributed by atoms with Gasteiger partial charge in [-0.2, -0.15) is 0 Å². The van der Waals surface area contributed by atoms with Crippen LogP contribution in [0.1, 0.15) is 36.1 Å². The second kappa shape index (κ2) is 7.18. The van der Waals surface area contributed by atoms with Gasteiger partial charge >= 0.3 is 0 Å². The molecule has 0 saturated carbocycles. The summed E-state index contributed by atoms with van der Waals surface area (Å²) in [4.78, 5) is 4.22. The number of ether oxygens (including phenoxy) is 1. The number of aromatic nitrogens is 1. The molecule has 21 heavy (non-hydrogen) atoms. The van der Waals surface area contributed by atoms with Crippen LogP contribution in [-0.4, -0.2) is 18.6 Å². The molecule has 1 N–H and O–H groups in total. The number of nitrogens with one attached hydrogen (secondary N) is 1. The van der Waals surface area contributed by atoms with Crippen molar-refractivity contribution >= 4 is 0 Å². The fraction of sp³-hybridized carbons (Fsp3) is 0.353. The highest BCUT2D eigenvalue weighted by atomic mass is 19.1. The molecule has 112 valence electrons. The molecule has 0 amide bonds. The van der Waals surface area contributed by atoms with Crippen molar-refractivity contribution < 1.29 is 9.13 Å². The zero-order valence-corrected chi connectivity index (χ0v) is 12.7. The number of methoxy groups -OCH3 is 1. The largest absolute Gasteiger partial charge is 0.481 e. The molecule has 1 atom stereocenters. The molecule has 1 unspecified atom stereocenters. The lowest BCUT2D eigenvalue weighted by Crippen LogP contribution is -2.25. The van der Waals surface area contributed by atoms with Crippen LogP contribution in [0.4, 0.5) is 4.39 Å². The SMILES string of the molecule is CCCNC(c1cc(C)ccc1F)c1cccnc1OC. The summed E-state index contributed by atoms with van der Waals surface area (Å²) < 4.78 is 19.6. The van der Waals surface area contributed by atoms with Gasteiger partial charge in [0.05, 0.1) is 13.2 Å². The Labute approximate surface area is 125 Å². The molecule has 0 saturated heterocycles. The Morgan fingerprint density at radius 1 is 1.29 bits per heavy atom. The highest BCUT2D eigenvalue weighted by Crippen LogP contribution is 2.30. The average Bonchev–Trinajstić information content (AvgIpc) is 2.51. The van der Waals surface area contributed by atoms with E-state index >= 15 is 0 Å². The van der Waals surface area contributed by atoms with Crippen LogP contribution in [0.3, 0.4) is 0 Å². The zero-order chi connectivity index (χ0) is 15.2. The predicted molar refractivity (Wildman–Crippen MR) is 82.1 cm³/mol. The fourth-order valence-electron chi connectivity index (χ4n) is 2.35. The Bertz CT molecular complexity index is 601. The van der Waals surface area contributed by atoms with Crippen LogP contribution in [-0.2, 0) is 0 Å². The molecule has 3 nitrogen and oxygen atoms in total. The molecule has 0 bridgehead atoms. The average molecular weight is 288 g/mol. The van der Waals surface area contributed by atoms with Crippen molar-refractivity contribution in [1.82, 2.24) is 10.3 Å². The van der Waals surface area contributed by atoms with Crippen molar-refractivity contribution in [2.24, 2.45) is 0 Å². The Hall–Kier alpha value is -1.94. The number of halogens is 1. The van der Waals surface area contributed by atoms with Crippen LogP contribution in [0.25, 0.3) is 0 Å². The van der Waals surface area contributed by atoms with Gasteiger partial charge in [-0.15, -0.1) is 0 Å². The maximum atomic E-state index is 14.3. The van der Waals surface area contributed by atoms with Gasteiger partial charge in [0.25, 0.3) is 0 Å². The van der Waals surface area contributed by atoms with E-state index in [1.54, 1.807) is 19.4 Å². The second-order valence-corrected chi connectivity index (χ2v) is 5.01. The monoisotopic (exact) mass is 288 g/mol. The van der Waals surface area contributed by atoms with E-state index < -0.39 is 0 Å². The maximum Gasteiger partial charge on any atom is 0.218 e. The highest BCUT2D eigenvalue weighted by molar-refractivity contribution is 5.39. The van der Waals surface area contributed by atoms with Crippen LogP contribution in [0.5, 0.6) is 5.88 Å². The molecule has 0 radical (unpaired) electrons. The minimum atomic E-state index is -0.270. The Kier molecular flexibility index (Phi) is 5.28. The lowest BCUT2D eigenvalue weighted by molar-refractivity contribution is 0.386. The van der Waals surface area contributed by atoms with E-state index in [1.807, 2.05) is 25.1 Å². The summed E-state index contributed by atoms with van der Waals surface area (Å²) in [5.74, 6) is 0.298. The summed E-state index contributed by atoms with van der Waals surface area (Å²) in [5.41, 5.74) is 2.49. The standard InChI is InChI=1S/C17H21FN2O/c1-4-9-19-16(13-6-5-10-20-17(13)21-3)14-11-12(2)7-8-15(14)18/h5-8,10-11,16,19H,4,9H2,1-3H3. The van der Waals surface area contributed by atoms with E-state index in [9.17, 15) is 4.39 Å². The predicted octanol–water partition coefficient (Wildman–Crippen LogP) is 3.63. The van der Waals surface area contributed by atoms with Crippen LogP contribution >= 0.6 is 0 Å². The smallest absolute Gasteiger partial charge is 0.218 e. The van der Waals surface area contributed by atoms with Crippen molar-refractivity contribution in [1.29, 1.82) is 0 Å². The van der Waals surface area contributed by atoms with Gasteiger partial charge < -0.3 is 10.1 Å². The maximum absolute atomic E-state index is 14.3. The lowest BCUT2D eigenvalue weighted by Gasteiger charge is -2.22. The first-order valence-electron chi connectivity index (χ1n) is 7.15. The molecule has 1 aromatic carbocycles. The molecule has 0 aliphatic heterocycles. The summed E-state index contributed by atoms with van der Waals surface area (Å²) in [6.07, 6.45) is 2.64. The van der Waals surface area contributed by atoms with Gasteiger partial charge in [0.2, 0.25) is 5.88 Å². The Morgan fingerprint density at radius 3 is 2.81 bits per heavy atom. The Morgan fingerprint density at radius 2 is 2.10 bits per heavy atom. The molecule has 0 fully saturated rings. The number of nitrogens with zero attached hydrogens (tertiary/aromatic N) is 1. The summed E-state index contributed by atoms with van der Waals surface area (Å²) in [6, 6.07) is 8.64. The van der Waals surface area contributed by atoms with E-state index in [0.29, 0.717) is 11.4 Å². The van der Waals surface area contributed by atoms with Crippen molar-refractivity contribution in [2.45, 2.75) is 26.3 Å². The molecule has 4 heteroatoms. The van der Waals surface area contributed by atoms with Gasteiger partial charge in [-0.1, -0.05) is 30.7 Å². The van der Waals surface area contributed by atoms with Gasteiger partial charge in [0, 0.05) is 17.3 Å². The first kappa shape index (κ1) is 15.4. The number of rotatable bonds is 6. The number of hydrogen-bond acceptors (Lipinski definition) is 3. The molecule has 1 heterocycles. The molecule has 2 rings (SSSR count). The molecule has 2 aromatic rings. The third-order valence-corrected chi connectivity index (χ3v) is 3.37. The zero-order valence-electron chi connectivity index (χ0n) is 12.7. The van der Waals surface area contributed by atoms with E-state index in [-0.39, 0.29) is 11.9 Å². The van der Waals surface area contributed by atoms with Crippen LogP contribution < -0.4 is 10.1 Å². The number of benzene rings is 1. The Balaban J connectivity index is 2.49. The quantitative estimate of drug-likeness (QED) is 0.881. The third kappa shape index (κ3) is 3.58. The molecule has 0 aliphatic carbocycles.